The molecule has 3 nitrogen and oxygen atoms in total. The van der Waals surface area contributed by atoms with E-state index in [0.29, 0.717) is 6.54 Å². The van der Waals surface area contributed by atoms with Crippen molar-refractivity contribution in [3.05, 3.63) is 66.5 Å². The predicted molar refractivity (Wildman–Crippen MR) is 96.3 cm³/mol. The Bertz CT molecular complexity index is 461. The maximum Gasteiger partial charge on any atom is 0.118 e. The van der Waals surface area contributed by atoms with Crippen LogP contribution in [0.15, 0.2) is 60.9 Å². The first-order valence-electron chi connectivity index (χ1n) is 7.67. The molecular weight excluding hydrogens is 274 g/mol. The number of hydrogen-bond donors (Lipinski definition) is 1. The summed E-state index contributed by atoms with van der Waals surface area (Å²) in [7, 11) is 1.62. The molecule has 1 aromatic rings. The van der Waals surface area contributed by atoms with Crippen molar-refractivity contribution in [1.29, 1.82) is 0 Å². The third-order valence-corrected chi connectivity index (χ3v) is 2.93. The number of ether oxygens (including phenoxy) is 1. The molecule has 1 rings (SSSR count). The minimum absolute atomic E-state index is 0.132. The molecule has 22 heavy (non-hydrogen) atoms. The van der Waals surface area contributed by atoms with Gasteiger partial charge in [-0.05, 0) is 31.2 Å². The standard InChI is InChI=1S/C17H23NO2.C2H6/c1-4-17(20-3)7-5-6-12-18(13-14-19)16-10-8-15(2)9-11-16;1-2/h4-11,19H,1,12-14H2,2-3H3;1-2H3/b6-5+,17-7+;. The molecule has 0 saturated heterocycles. The van der Waals surface area contributed by atoms with Crippen LogP contribution in [0.2, 0.25) is 0 Å². The summed E-state index contributed by atoms with van der Waals surface area (Å²) >= 11 is 0. The van der Waals surface area contributed by atoms with Crippen molar-refractivity contribution in [2.75, 3.05) is 31.7 Å². The van der Waals surface area contributed by atoms with E-state index >= 15 is 0 Å². The van der Waals surface area contributed by atoms with Crippen LogP contribution < -0.4 is 4.90 Å². The number of methoxy groups -OCH3 is 1. The fourth-order valence-corrected chi connectivity index (χ4v) is 1.77. The lowest BCUT2D eigenvalue weighted by Gasteiger charge is -2.22. The first-order chi connectivity index (χ1) is 10.7. The molecule has 0 aromatic heterocycles. The molecule has 0 aliphatic carbocycles. The number of allylic oxidation sites excluding steroid dienone is 3. The number of hydrogen-bond acceptors (Lipinski definition) is 3. The molecule has 1 N–H and O–H groups in total. The van der Waals surface area contributed by atoms with Gasteiger partial charge in [0.25, 0.3) is 0 Å². The van der Waals surface area contributed by atoms with Crippen LogP contribution in [-0.2, 0) is 4.74 Å². The van der Waals surface area contributed by atoms with Gasteiger partial charge in [-0.25, -0.2) is 0 Å². The summed E-state index contributed by atoms with van der Waals surface area (Å²) < 4.78 is 5.09. The van der Waals surface area contributed by atoms with Gasteiger partial charge in [0.05, 0.1) is 13.7 Å². The van der Waals surface area contributed by atoms with E-state index < -0.39 is 0 Å². The predicted octanol–water partition coefficient (Wildman–Crippen LogP) is 4.09. The SMILES string of the molecule is C=C/C(=C\C=C\CN(CCO)c1ccc(C)cc1)OC.CC. The van der Waals surface area contributed by atoms with Gasteiger partial charge in [0.1, 0.15) is 5.76 Å². The zero-order valence-electron chi connectivity index (χ0n) is 14.2. The highest BCUT2D eigenvalue weighted by Crippen LogP contribution is 2.14. The molecule has 0 spiro atoms. The highest BCUT2D eigenvalue weighted by atomic mass is 16.5. The van der Waals surface area contributed by atoms with Crippen LogP contribution in [0, 0.1) is 6.92 Å². The molecule has 0 heterocycles. The second-order valence-corrected chi connectivity index (χ2v) is 4.41. The van der Waals surface area contributed by atoms with Crippen LogP contribution in [0.1, 0.15) is 19.4 Å². The zero-order valence-corrected chi connectivity index (χ0v) is 14.2. The second-order valence-electron chi connectivity index (χ2n) is 4.41. The number of aliphatic hydroxyl groups is 1. The average molecular weight is 303 g/mol. The molecule has 0 atom stereocenters. The number of nitrogens with zero attached hydrogens (tertiary/aromatic N) is 1. The lowest BCUT2D eigenvalue weighted by molar-refractivity contribution is 0.303. The van der Waals surface area contributed by atoms with E-state index in [1.807, 2.05) is 32.1 Å². The molecule has 0 amide bonds. The van der Waals surface area contributed by atoms with E-state index in [2.05, 4.69) is 42.7 Å². The fraction of sp³-hybridized carbons (Fsp3) is 0.368. The number of aryl methyl sites for hydroxylation is 1. The summed E-state index contributed by atoms with van der Waals surface area (Å²) in [6, 6.07) is 8.28. The van der Waals surface area contributed by atoms with Gasteiger partial charge < -0.3 is 14.7 Å². The van der Waals surface area contributed by atoms with Crippen molar-refractivity contribution in [3.8, 4) is 0 Å². The molecule has 1 aromatic carbocycles. The highest BCUT2D eigenvalue weighted by molar-refractivity contribution is 5.48. The quantitative estimate of drug-likeness (QED) is 0.580. The Morgan fingerprint density at radius 3 is 2.41 bits per heavy atom. The average Bonchev–Trinajstić information content (AvgIpc) is 2.56. The molecule has 3 heteroatoms. The minimum Gasteiger partial charge on any atom is -0.497 e. The normalized spacial score (nSPS) is 10.9. The van der Waals surface area contributed by atoms with Crippen LogP contribution in [0.5, 0.6) is 0 Å². The number of benzene rings is 1. The minimum atomic E-state index is 0.132. The third-order valence-electron chi connectivity index (χ3n) is 2.93. The van der Waals surface area contributed by atoms with Crippen molar-refractivity contribution in [2.45, 2.75) is 20.8 Å². The molecule has 0 radical (unpaired) electrons. The molecule has 122 valence electrons. The Morgan fingerprint density at radius 1 is 1.27 bits per heavy atom. The Kier molecular flexibility index (Phi) is 11.6. The Balaban J connectivity index is 0.00000211. The van der Waals surface area contributed by atoms with Gasteiger partial charge >= 0.3 is 0 Å². The van der Waals surface area contributed by atoms with Gasteiger partial charge in [0.15, 0.2) is 0 Å². The molecular formula is C19H29NO2. The van der Waals surface area contributed by atoms with E-state index in [-0.39, 0.29) is 6.61 Å². The lowest BCUT2D eigenvalue weighted by atomic mass is 10.2. The van der Waals surface area contributed by atoms with Gasteiger partial charge in [-0.15, -0.1) is 0 Å². The second kappa shape index (κ2) is 12.7. The molecule has 0 saturated carbocycles. The van der Waals surface area contributed by atoms with E-state index in [1.165, 1.54) is 5.56 Å². The summed E-state index contributed by atoms with van der Waals surface area (Å²) in [5, 5.41) is 9.16. The Labute approximate surface area is 135 Å². The van der Waals surface area contributed by atoms with Gasteiger partial charge in [-0.1, -0.05) is 50.3 Å². The van der Waals surface area contributed by atoms with Crippen molar-refractivity contribution < 1.29 is 9.84 Å². The fourth-order valence-electron chi connectivity index (χ4n) is 1.77. The summed E-state index contributed by atoms with van der Waals surface area (Å²) in [5.74, 6) is 0.727. The topological polar surface area (TPSA) is 32.7 Å². The largest absolute Gasteiger partial charge is 0.497 e. The Hall–Kier alpha value is -2.00. The summed E-state index contributed by atoms with van der Waals surface area (Å²) in [5.41, 5.74) is 2.33. The van der Waals surface area contributed by atoms with E-state index in [1.54, 1.807) is 13.2 Å². The summed E-state index contributed by atoms with van der Waals surface area (Å²) in [6.45, 7) is 11.2. The first-order valence-corrected chi connectivity index (χ1v) is 7.67. The lowest BCUT2D eigenvalue weighted by Crippen LogP contribution is -2.26. The maximum atomic E-state index is 9.16. The third kappa shape index (κ3) is 7.70. The number of rotatable bonds is 8. The molecule has 0 aliphatic heterocycles. The van der Waals surface area contributed by atoms with Crippen LogP contribution in [0.3, 0.4) is 0 Å². The van der Waals surface area contributed by atoms with Crippen LogP contribution in [0.25, 0.3) is 0 Å². The Morgan fingerprint density at radius 2 is 1.91 bits per heavy atom. The summed E-state index contributed by atoms with van der Waals surface area (Å²) in [4.78, 5) is 2.12. The van der Waals surface area contributed by atoms with Gasteiger partial charge in [-0.2, -0.15) is 0 Å². The number of anilines is 1. The molecule has 0 fully saturated rings. The van der Waals surface area contributed by atoms with Crippen LogP contribution in [0.4, 0.5) is 5.69 Å². The van der Waals surface area contributed by atoms with Crippen LogP contribution in [-0.4, -0.2) is 31.9 Å². The molecule has 0 unspecified atom stereocenters. The van der Waals surface area contributed by atoms with Crippen molar-refractivity contribution in [3.63, 3.8) is 0 Å². The summed E-state index contributed by atoms with van der Waals surface area (Å²) in [6.07, 6.45) is 7.48. The van der Waals surface area contributed by atoms with Gasteiger partial charge in [0.2, 0.25) is 0 Å². The maximum absolute atomic E-state index is 9.16. The van der Waals surface area contributed by atoms with E-state index in [0.717, 1.165) is 18.0 Å². The first kappa shape index (κ1) is 20.0. The van der Waals surface area contributed by atoms with Crippen molar-refractivity contribution in [2.24, 2.45) is 0 Å². The monoisotopic (exact) mass is 303 g/mol. The van der Waals surface area contributed by atoms with E-state index in [9.17, 15) is 0 Å². The van der Waals surface area contributed by atoms with Crippen molar-refractivity contribution in [1.82, 2.24) is 0 Å². The smallest absolute Gasteiger partial charge is 0.118 e. The van der Waals surface area contributed by atoms with Crippen LogP contribution >= 0.6 is 0 Å². The molecule has 0 aliphatic rings. The zero-order chi connectivity index (χ0) is 16.8. The van der Waals surface area contributed by atoms with Crippen molar-refractivity contribution >= 4 is 5.69 Å². The number of aliphatic hydroxyl groups excluding tert-OH is 1. The highest BCUT2D eigenvalue weighted by Gasteiger charge is 2.03. The van der Waals surface area contributed by atoms with E-state index in [4.69, 9.17) is 9.84 Å². The van der Waals surface area contributed by atoms with Gasteiger partial charge in [-0.3, -0.25) is 0 Å². The molecule has 0 bridgehead atoms. The van der Waals surface area contributed by atoms with Gasteiger partial charge in [0, 0.05) is 18.8 Å².